The molecule has 0 fully saturated rings. The van der Waals surface area contributed by atoms with Crippen LogP contribution in [0.3, 0.4) is 0 Å². The van der Waals surface area contributed by atoms with Crippen molar-refractivity contribution in [2.45, 2.75) is 13.3 Å². The van der Waals surface area contributed by atoms with Gasteiger partial charge in [0.1, 0.15) is 6.26 Å². The highest BCUT2D eigenvalue weighted by Gasteiger charge is 2.11. The van der Waals surface area contributed by atoms with E-state index in [1.807, 2.05) is 54.6 Å². The van der Waals surface area contributed by atoms with Crippen LogP contribution >= 0.6 is 0 Å². The number of rotatable bonds is 5. The van der Waals surface area contributed by atoms with Crippen LogP contribution in [0.2, 0.25) is 0 Å². The Bertz CT molecular complexity index is 1050. The molecule has 2 aromatic carbocycles. The fraction of sp³-hybridized carbons (Fsp3) is 0.0952. The van der Waals surface area contributed by atoms with E-state index >= 15 is 0 Å². The largest absolute Gasteiger partial charge is 0.444 e. The van der Waals surface area contributed by atoms with E-state index in [0.717, 1.165) is 11.1 Å². The minimum atomic E-state index is -0.161. The van der Waals surface area contributed by atoms with Crippen molar-refractivity contribution in [1.82, 2.24) is 9.97 Å². The maximum absolute atomic E-state index is 12.3. The number of nitrogens with zero attached hydrogens (tertiary/aromatic N) is 2. The van der Waals surface area contributed by atoms with Gasteiger partial charge in [0.05, 0.1) is 18.3 Å². The summed E-state index contributed by atoms with van der Waals surface area (Å²) >= 11 is 0. The first-order valence-corrected chi connectivity index (χ1v) is 8.50. The fourth-order valence-electron chi connectivity index (χ4n) is 2.68. The Labute approximate surface area is 155 Å². The van der Waals surface area contributed by atoms with Crippen LogP contribution in [0.4, 0.5) is 5.69 Å². The van der Waals surface area contributed by atoms with E-state index < -0.39 is 0 Å². The quantitative estimate of drug-likeness (QED) is 0.568. The Balaban J connectivity index is 1.39. The summed E-state index contributed by atoms with van der Waals surface area (Å²) < 4.78 is 11.0. The molecule has 0 saturated carbocycles. The first-order valence-electron chi connectivity index (χ1n) is 8.50. The first kappa shape index (κ1) is 16.8. The summed E-state index contributed by atoms with van der Waals surface area (Å²) in [5.74, 6) is 1.66. The van der Waals surface area contributed by atoms with Crippen LogP contribution < -0.4 is 5.32 Å². The minimum Gasteiger partial charge on any atom is -0.444 e. The van der Waals surface area contributed by atoms with Crippen molar-refractivity contribution < 1.29 is 13.6 Å². The average Bonchev–Trinajstić information content (AvgIpc) is 3.32. The molecule has 6 heteroatoms. The predicted octanol–water partition coefficient (Wildman–Crippen LogP) is 4.49. The van der Waals surface area contributed by atoms with Gasteiger partial charge in [-0.1, -0.05) is 18.2 Å². The minimum absolute atomic E-state index is 0.138. The third-order valence-corrected chi connectivity index (χ3v) is 3.99. The second-order valence-electron chi connectivity index (χ2n) is 6.06. The third kappa shape index (κ3) is 3.95. The molecular weight excluding hydrogens is 342 g/mol. The van der Waals surface area contributed by atoms with Gasteiger partial charge in [0.25, 0.3) is 0 Å². The summed E-state index contributed by atoms with van der Waals surface area (Å²) in [7, 11) is 0. The molecule has 0 aliphatic carbocycles. The molecule has 0 aliphatic rings. The maximum Gasteiger partial charge on any atom is 0.230 e. The Morgan fingerprint density at radius 1 is 1.04 bits per heavy atom. The second kappa shape index (κ2) is 7.29. The monoisotopic (exact) mass is 359 g/mol. The lowest BCUT2D eigenvalue weighted by Crippen LogP contribution is -2.14. The van der Waals surface area contributed by atoms with E-state index in [4.69, 9.17) is 8.83 Å². The van der Waals surface area contributed by atoms with Gasteiger partial charge in [-0.05, 0) is 36.4 Å². The molecule has 0 unspecified atom stereocenters. The molecule has 0 radical (unpaired) electrons. The highest BCUT2D eigenvalue weighted by Crippen LogP contribution is 2.22. The van der Waals surface area contributed by atoms with Gasteiger partial charge in [-0.25, -0.2) is 9.97 Å². The van der Waals surface area contributed by atoms with Gasteiger partial charge < -0.3 is 14.2 Å². The number of benzene rings is 2. The summed E-state index contributed by atoms with van der Waals surface area (Å²) in [5, 5.41) is 2.86. The van der Waals surface area contributed by atoms with Gasteiger partial charge in [-0.2, -0.15) is 0 Å². The average molecular weight is 359 g/mol. The van der Waals surface area contributed by atoms with Crippen molar-refractivity contribution in [3.05, 3.63) is 78.6 Å². The molecule has 0 atom stereocenters. The van der Waals surface area contributed by atoms with Gasteiger partial charge in [0.15, 0.2) is 11.7 Å². The molecule has 27 heavy (non-hydrogen) atoms. The number of carbonyl (C=O) groups excluding carboxylic acids is 1. The van der Waals surface area contributed by atoms with E-state index in [1.54, 1.807) is 13.1 Å². The maximum atomic E-state index is 12.3. The number of oxazole rings is 2. The lowest BCUT2D eigenvalue weighted by molar-refractivity contribution is -0.115. The van der Waals surface area contributed by atoms with Crippen molar-refractivity contribution in [2.24, 2.45) is 0 Å². The van der Waals surface area contributed by atoms with Crippen molar-refractivity contribution in [2.75, 3.05) is 5.32 Å². The highest BCUT2D eigenvalue weighted by atomic mass is 16.4. The number of hydrogen-bond donors (Lipinski definition) is 1. The van der Waals surface area contributed by atoms with Gasteiger partial charge in [-0.15, -0.1) is 0 Å². The van der Waals surface area contributed by atoms with E-state index in [-0.39, 0.29) is 12.3 Å². The molecule has 134 valence electrons. The van der Waals surface area contributed by atoms with Crippen LogP contribution in [0.15, 0.2) is 75.9 Å². The predicted molar refractivity (Wildman–Crippen MR) is 101 cm³/mol. The molecule has 2 aromatic heterocycles. The van der Waals surface area contributed by atoms with Gasteiger partial charge in [0, 0.05) is 23.7 Å². The fourth-order valence-corrected chi connectivity index (χ4v) is 2.68. The zero-order valence-electron chi connectivity index (χ0n) is 14.7. The molecular formula is C21H17N3O3. The van der Waals surface area contributed by atoms with Crippen LogP contribution in [0.5, 0.6) is 0 Å². The van der Waals surface area contributed by atoms with Crippen molar-refractivity contribution in [3.63, 3.8) is 0 Å². The van der Waals surface area contributed by atoms with Gasteiger partial charge in [0.2, 0.25) is 11.8 Å². The van der Waals surface area contributed by atoms with Crippen LogP contribution in [0, 0.1) is 6.92 Å². The zero-order valence-corrected chi connectivity index (χ0v) is 14.7. The highest BCUT2D eigenvalue weighted by molar-refractivity contribution is 5.92. The summed E-state index contributed by atoms with van der Waals surface area (Å²) in [6.07, 6.45) is 3.33. The number of aromatic nitrogens is 2. The van der Waals surface area contributed by atoms with Crippen LogP contribution in [-0.2, 0) is 11.2 Å². The van der Waals surface area contributed by atoms with Crippen molar-refractivity contribution in [3.8, 4) is 22.8 Å². The van der Waals surface area contributed by atoms with Crippen molar-refractivity contribution in [1.29, 1.82) is 0 Å². The summed E-state index contributed by atoms with van der Waals surface area (Å²) in [4.78, 5) is 20.7. The molecule has 2 heterocycles. The Hall–Kier alpha value is -3.67. The molecule has 1 N–H and O–H groups in total. The molecule has 4 rings (SSSR count). The number of anilines is 1. The Morgan fingerprint density at radius 2 is 1.81 bits per heavy atom. The third-order valence-electron chi connectivity index (χ3n) is 3.99. The zero-order chi connectivity index (χ0) is 18.6. The normalized spacial score (nSPS) is 10.7. The van der Waals surface area contributed by atoms with Gasteiger partial charge >= 0.3 is 0 Å². The van der Waals surface area contributed by atoms with Crippen LogP contribution in [-0.4, -0.2) is 15.9 Å². The number of amides is 1. The Morgan fingerprint density at radius 3 is 2.52 bits per heavy atom. The topological polar surface area (TPSA) is 81.2 Å². The molecule has 4 aromatic rings. The van der Waals surface area contributed by atoms with Crippen LogP contribution in [0.25, 0.3) is 22.8 Å². The standard InChI is InChI=1S/C21H17N3O3/c1-14-22-12-19(27-14)15-7-9-17(10-8-15)23-20(25)11-18-13-26-21(24-18)16-5-3-2-4-6-16/h2-10,12-13H,11H2,1H3,(H,23,25). The number of nitrogens with one attached hydrogen (secondary N) is 1. The molecule has 0 aliphatic heterocycles. The lowest BCUT2D eigenvalue weighted by atomic mass is 10.1. The molecule has 0 bridgehead atoms. The lowest BCUT2D eigenvalue weighted by Gasteiger charge is -2.04. The smallest absolute Gasteiger partial charge is 0.230 e. The SMILES string of the molecule is Cc1ncc(-c2ccc(NC(=O)Cc3coc(-c4ccccc4)n3)cc2)o1. The van der Waals surface area contributed by atoms with E-state index in [1.165, 1.54) is 6.26 Å². The first-order chi connectivity index (χ1) is 13.2. The van der Waals surface area contributed by atoms with Crippen LogP contribution in [0.1, 0.15) is 11.6 Å². The van der Waals surface area contributed by atoms with Crippen molar-refractivity contribution >= 4 is 11.6 Å². The van der Waals surface area contributed by atoms with E-state index in [2.05, 4.69) is 15.3 Å². The molecule has 0 spiro atoms. The summed E-state index contributed by atoms with van der Waals surface area (Å²) in [6.45, 7) is 1.80. The van der Waals surface area contributed by atoms with Gasteiger partial charge in [-0.3, -0.25) is 4.79 Å². The molecule has 1 amide bonds. The van der Waals surface area contributed by atoms with E-state index in [0.29, 0.717) is 28.9 Å². The number of hydrogen-bond acceptors (Lipinski definition) is 5. The molecule has 0 saturated heterocycles. The Kier molecular flexibility index (Phi) is 4.53. The number of aryl methyl sites for hydroxylation is 1. The molecule has 6 nitrogen and oxygen atoms in total. The second-order valence-corrected chi connectivity index (χ2v) is 6.06. The summed E-state index contributed by atoms with van der Waals surface area (Å²) in [6, 6.07) is 17.0. The van der Waals surface area contributed by atoms with E-state index in [9.17, 15) is 4.79 Å². The summed E-state index contributed by atoms with van der Waals surface area (Å²) in [5.41, 5.74) is 3.06. The number of carbonyl (C=O) groups is 1.